The molecular weight excluding hydrogens is 190 g/mol. The number of hydrogen-bond acceptors (Lipinski definition) is 3. The molecule has 0 aliphatic carbocycles. The van der Waals surface area contributed by atoms with Gasteiger partial charge in [0.05, 0.1) is 6.54 Å². The molecule has 3 N–H and O–H groups in total. The molecule has 0 aromatic rings. The fourth-order valence-corrected chi connectivity index (χ4v) is 2.06. The molecule has 1 aliphatic heterocycles. The Balaban J connectivity index is 2.29. The van der Waals surface area contributed by atoms with Gasteiger partial charge in [-0.3, -0.25) is 9.69 Å². The van der Waals surface area contributed by atoms with E-state index < -0.39 is 0 Å². The Kier molecular flexibility index (Phi) is 5.65. The van der Waals surface area contributed by atoms with Crippen LogP contribution in [0, 0.1) is 0 Å². The second kappa shape index (κ2) is 6.80. The molecule has 15 heavy (non-hydrogen) atoms. The maximum absolute atomic E-state index is 10.9. The van der Waals surface area contributed by atoms with Crippen LogP contribution in [-0.2, 0) is 4.79 Å². The molecule has 0 aromatic heterocycles. The number of carbonyl (C=O) groups excluding carboxylic acids is 1. The van der Waals surface area contributed by atoms with E-state index in [2.05, 4.69) is 17.1 Å². The van der Waals surface area contributed by atoms with Crippen molar-refractivity contribution in [1.29, 1.82) is 0 Å². The molecule has 1 saturated heterocycles. The average Bonchev–Trinajstić information content (AvgIpc) is 2.66. The zero-order valence-corrected chi connectivity index (χ0v) is 9.67. The minimum Gasteiger partial charge on any atom is -0.369 e. The molecule has 1 fully saturated rings. The molecule has 4 nitrogen and oxygen atoms in total. The first-order chi connectivity index (χ1) is 7.22. The quantitative estimate of drug-likeness (QED) is 0.640. The molecule has 4 heteroatoms. The Morgan fingerprint density at radius 1 is 1.60 bits per heavy atom. The molecule has 1 unspecified atom stereocenters. The number of nitrogens with one attached hydrogen (secondary N) is 1. The van der Waals surface area contributed by atoms with Gasteiger partial charge < -0.3 is 11.1 Å². The summed E-state index contributed by atoms with van der Waals surface area (Å²) in [6, 6.07) is 0.557. The van der Waals surface area contributed by atoms with Gasteiger partial charge in [0, 0.05) is 12.6 Å². The average molecular weight is 213 g/mol. The summed E-state index contributed by atoms with van der Waals surface area (Å²) in [5.41, 5.74) is 5.24. The van der Waals surface area contributed by atoms with E-state index in [1.807, 2.05) is 0 Å². The zero-order chi connectivity index (χ0) is 11.1. The number of hydrogen-bond donors (Lipinski definition) is 2. The van der Waals surface area contributed by atoms with E-state index in [9.17, 15) is 4.79 Å². The van der Waals surface area contributed by atoms with Gasteiger partial charge in [-0.1, -0.05) is 13.3 Å². The molecule has 1 rings (SSSR count). The molecule has 1 amide bonds. The summed E-state index contributed by atoms with van der Waals surface area (Å²) in [5.74, 6) is -0.218. The predicted molar refractivity (Wildman–Crippen MR) is 61.6 cm³/mol. The van der Waals surface area contributed by atoms with Crippen molar-refractivity contribution in [1.82, 2.24) is 10.2 Å². The Labute approximate surface area is 92.2 Å². The van der Waals surface area contributed by atoms with E-state index >= 15 is 0 Å². The van der Waals surface area contributed by atoms with Crippen LogP contribution in [-0.4, -0.2) is 43.0 Å². The minimum atomic E-state index is -0.218. The Morgan fingerprint density at radius 3 is 2.93 bits per heavy atom. The first-order valence-electron chi connectivity index (χ1n) is 5.96. The molecule has 0 spiro atoms. The maximum atomic E-state index is 10.9. The molecule has 0 saturated carbocycles. The number of amides is 1. The van der Waals surface area contributed by atoms with Gasteiger partial charge >= 0.3 is 0 Å². The third kappa shape index (κ3) is 5.14. The number of unbranched alkanes of at least 4 members (excludes halogenated alkanes) is 1. The molecule has 0 bridgehead atoms. The zero-order valence-electron chi connectivity index (χ0n) is 9.67. The lowest BCUT2D eigenvalue weighted by Crippen LogP contribution is -2.42. The van der Waals surface area contributed by atoms with Gasteiger partial charge in [0.25, 0.3) is 0 Å². The van der Waals surface area contributed by atoms with Crippen molar-refractivity contribution in [2.45, 2.75) is 38.6 Å². The third-order valence-corrected chi connectivity index (χ3v) is 2.85. The van der Waals surface area contributed by atoms with E-state index in [0.29, 0.717) is 12.6 Å². The van der Waals surface area contributed by atoms with Gasteiger partial charge in [-0.05, 0) is 32.4 Å². The molecule has 1 heterocycles. The van der Waals surface area contributed by atoms with E-state index in [1.54, 1.807) is 0 Å². The molecule has 1 atom stereocenters. The van der Waals surface area contributed by atoms with Crippen LogP contribution in [0.5, 0.6) is 0 Å². The number of carbonyl (C=O) groups is 1. The lowest BCUT2D eigenvalue weighted by molar-refractivity contribution is -0.119. The van der Waals surface area contributed by atoms with Crippen LogP contribution in [0.15, 0.2) is 0 Å². The first kappa shape index (κ1) is 12.5. The largest absolute Gasteiger partial charge is 0.369 e. The van der Waals surface area contributed by atoms with Crippen molar-refractivity contribution >= 4 is 5.91 Å². The lowest BCUT2D eigenvalue weighted by Gasteiger charge is -2.24. The van der Waals surface area contributed by atoms with Crippen LogP contribution >= 0.6 is 0 Å². The van der Waals surface area contributed by atoms with Gasteiger partial charge in [0.15, 0.2) is 0 Å². The number of rotatable bonds is 7. The SMILES string of the molecule is CCCCN(CC(N)=O)CC1CCCN1. The summed E-state index contributed by atoms with van der Waals surface area (Å²) in [6.45, 7) is 5.62. The van der Waals surface area contributed by atoms with Crippen molar-refractivity contribution in [3.63, 3.8) is 0 Å². The Hall–Kier alpha value is -0.610. The topological polar surface area (TPSA) is 58.4 Å². The summed E-state index contributed by atoms with van der Waals surface area (Å²) in [6.07, 6.45) is 4.78. The smallest absolute Gasteiger partial charge is 0.231 e. The number of primary amides is 1. The highest BCUT2D eigenvalue weighted by Gasteiger charge is 2.18. The highest BCUT2D eigenvalue weighted by Crippen LogP contribution is 2.07. The van der Waals surface area contributed by atoms with Crippen LogP contribution in [0.4, 0.5) is 0 Å². The Morgan fingerprint density at radius 2 is 2.40 bits per heavy atom. The summed E-state index contributed by atoms with van der Waals surface area (Å²) < 4.78 is 0. The molecule has 0 aromatic carbocycles. The van der Waals surface area contributed by atoms with Crippen molar-refractivity contribution in [3.05, 3.63) is 0 Å². The van der Waals surface area contributed by atoms with Crippen molar-refractivity contribution in [2.24, 2.45) is 5.73 Å². The van der Waals surface area contributed by atoms with Crippen molar-refractivity contribution < 1.29 is 4.79 Å². The maximum Gasteiger partial charge on any atom is 0.231 e. The first-order valence-corrected chi connectivity index (χ1v) is 5.96. The molecule has 0 radical (unpaired) electrons. The van der Waals surface area contributed by atoms with Gasteiger partial charge in [-0.15, -0.1) is 0 Å². The number of nitrogens with zero attached hydrogens (tertiary/aromatic N) is 1. The Bertz CT molecular complexity index is 190. The van der Waals surface area contributed by atoms with Crippen LogP contribution in [0.3, 0.4) is 0 Å². The van der Waals surface area contributed by atoms with E-state index in [4.69, 9.17) is 5.73 Å². The van der Waals surface area contributed by atoms with E-state index in [1.165, 1.54) is 12.8 Å². The summed E-state index contributed by atoms with van der Waals surface area (Å²) in [5, 5.41) is 3.44. The van der Waals surface area contributed by atoms with Crippen LogP contribution in [0.1, 0.15) is 32.6 Å². The van der Waals surface area contributed by atoms with Crippen molar-refractivity contribution in [3.8, 4) is 0 Å². The normalized spacial score (nSPS) is 21.1. The summed E-state index contributed by atoms with van der Waals surface area (Å²) in [4.78, 5) is 13.1. The van der Waals surface area contributed by atoms with Gasteiger partial charge in [0.2, 0.25) is 5.91 Å². The highest BCUT2D eigenvalue weighted by atomic mass is 16.1. The van der Waals surface area contributed by atoms with Crippen LogP contribution in [0.25, 0.3) is 0 Å². The summed E-state index contributed by atoms with van der Waals surface area (Å²) in [7, 11) is 0. The standard InChI is InChI=1S/C11H23N3O/c1-2-3-7-14(9-11(12)15)8-10-5-4-6-13-10/h10,13H,2-9H2,1H3,(H2,12,15). The van der Waals surface area contributed by atoms with Gasteiger partial charge in [-0.2, -0.15) is 0 Å². The van der Waals surface area contributed by atoms with Crippen LogP contribution in [0.2, 0.25) is 0 Å². The van der Waals surface area contributed by atoms with Gasteiger partial charge in [0.1, 0.15) is 0 Å². The van der Waals surface area contributed by atoms with Crippen molar-refractivity contribution in [2.75, 3.05) is 26.2 Å². The third-order valence-electron chi connectivity index (χ3n) is 2.85. The monoisotopic (exact) mass is 213 g/mol. The minimum absolute atomic E-state index is 0.218. The lowest BCUT2D eigenvalue weighted by atomic mass is 10.2. The number of nitrogens with two attached hydrogens (primary N) is 1. The molecule has 1 aliphatic rings. The molecule has 88 valence electrons. The highest BCUT2D eigenvalue weighted by molar-refractivity contribution is 5.75. The van der Waals surface area contributed by atoms with Crippen LogP contribution < -0.4 is 11.1 Å². The van der Waals surface area contributed by atoms with E-state index in [0.717, 1.165) is 32.5 Å². The van der Waals surface area contributed by atoms with Gasteiger partial charge in [-0.25, -0.2) is 0 Å². The fraction of sp³-hybridized carbons (Fsp3) is 0.909. The predicted octanol–water partition coefficient (Wildman–Crippen LogP) is 0.326. The fourth-order valence-electron chi connectivity index (χ4n) is 2.06. The van der Waals surface area contributed by atoms with E-state index in [-0.39, 0.29) is 5.91 Å². The summed E-state index contributed by atoms with van der Waals surface area (Å²) >= 11 is 0. The second-order valence-electron chi connectivity index (χ2n) is 4.35. The molecular formula is C11H23N3O. The second-order valence-corrected chi connectivity index (χ2v) is 4.35.